The van der Waals surface area contributed by atoms with E-state index in [1.165, 1.54) is 38.7 Å². The summed E-state index contributed by atoms with van der Waals surface area (Å²) in [7, 11) is 2.19. The molecule has 3 rings (SSSR count). The Morgan fingerprint density at radius 1 is 1.16 bits per heavy atom. The van der Waals surface area contributed by atoms with Crippen molar-refractivity contribution in [2.24, 2.45) is 0 Å². The van der Waals surface area contributed by atoms with Gasteiger partial charge in [-0.2, -0.15) is 0 Å². The molecule has 1 aliphatic heterocycles. The van der Waals surface area contributed by atoms with Crippen LogP contribution in [0.2, 0.25) is 0 Å². The number of rotatable bonds is 2. The summed E-state index contributed by atoms with van der Waals surface area (Å²) in [6, 6.07) is 5.92. The highest BCUT2D eigenvalue weighted by molar-refractivity contribution is 5.09. The Morgan fingerprint density at radius 2 is 1.95 bits per heavy atom. The lowest BCUT2D eigenvalue weighted by atomic mass is 10.0. The fourth-order valence-corrected chi connectivity index (χ4v) is 3.36. The van der Waals surface area contributed by atoms with Crippen LogP contribution < -0.4 is 5.63 Å². The first-order valence-corrected chi connectivity index (χ1v) is 7.25. The van der Waals surface area contributed by atoms with Crippen LogP contribution in [0.25, 0.3) is 0 Å². The van der Waals surface area contributed by atoms with Gasteiger partial charge < -0.3 is 9.32 Å². The van der Waals surface area contributed by atoms with Gasteiger partial charge in [0.2, 0.25) is 0 Å². The van der Waals surface area contributed by atoms with Gasteiger partial charge in [0.25, 0.3) is 0 Å². The van der Waals surface area contributed by atoms with E-state index in [0.717, 1.165) is 18.6 Å². The minimum Gasteiger partial charge on any atom is -0.428 e. The predicted octanol–water partition coefficient (Wildman–Crippen LogP) is 1.52. The van der Waals surface area contributed by atoms with Crippen molar-refractivity contribution in [2.75, 3.05) is 33.2 Å². The van der Waals surface area contributed by atoms with E-state index in [2.05, 4.69) is 16.8 Å². The minimum atomic E-state index is -0.222. The van der Waals surface area contributed by atoms with Crippen LogP contribution in [0.15, 0.2) is 27.4 Å². The third-order valence-corrected chi connectivity index (χ3v) is 4.57. The van der Waals surface area contributed by atoms with Crippen molar-refractivity contribution in [1.82, 2.24) is 9.80 Å². The Kier molecular flexibility index (Phi) is 3.71. The average Bonchev–Trinajstić information content (AvgIpc) is 2.89. The normalized spacial score (nSPS) is 29.7. The summed E-state index contributed by atoms with van der Waals surface area (Å²) in [5, 5.41) is 0. The summed E-state index contributed by atoms with van der Waals surface area (Å²) in [6.07, 6.45) is 3.51. The standard InChI is InChI=1S/C15H22N2O2/c1-16-7-9-17(10-8-16)13-6-5-12(11-13)14-3-2-4-15(18)19-14/h2-4,12-13H,5-11H2,1H3/t12?,13-/m1/s1. The molecule has 0 spiro atoms. The summed E-state index contributed by atoms with van der Waals surface area (Å²) in [6.45, 7) is 4.68. The van der Waals surface area contributed by atoms with Crippen molar-refractivity contribution in [3.63, 3.8) is 0 Å². The van der Waals surface area contributed by atoms with Gasteiger partial charge in [-0.1, -0.05) is 6.07 Å². The zero-order chi connectivity index (χ0) is 13.2. The number of piperazine rings is 1. The second-order valence-corrected chi connectivity index (χ2v) is 5.85. The molecule has 1 aromatic heterocycles. The van der Waals surface area contributed by atoms with Crippen LogP contribution in [0.4, 0.5) is 0 Å². The number of hydrogen-bond acceptors (Lipinski definition) is 4. The number of hydrogen-bond donors (Lipinski definition) is 0. The third kappa shape index (κ3) is 2.90. The fraction of sp³-hybridized carbons (Fsp3) is 0.667. The molecule has 19 heavy (non-hydrogen) atoms. The first-order valence-electron chi connectivity index (χ1n) is 7.25. The lowest BCUT2D eigenvalue weighted by Gasteiger charge is -2.36. The SMILES string of the molecule is CN1CCN([C@@H]2CCC(c3cccc(=O)o3)C2)CC1. The highest BCUT2D eigenvalue weighted by Crippen LogP contribution is 2.36. The van der Waals surface area contributed by atoms with E-state index >= 15 is 0 Å². The maximum absolute atomic E-state index is 11.3. The molecule has 1 saturated carbocycles. The van der Waals surface area contributed by atoms with E-state index < -0.39 is 0 Å². The highest BCUT2D eigenvalue weighted by atomic mass is 16.4. The van der Waals surface area contributed by atoms with Crippen LogP contribution in [-0.2, 0) is 0 Å². The van der Waals surface area contributed by atoms with Crippen molar-refractivity contribution in [3.8, 4) is 0 Å². The Morgan fingerprint density at radius 3 is 2.68 bits per heavy atom. The lowest BCUT2D eigenvalue weighted by Crippen LogP contribution is -2.48. The molecule has 2 atom stereocenters. The van der Waals surface area contributed by atoms with Gasteiger partial charge in [-0.05, 0) is 32.4 Å². The molecule has 4 heteroatoms. The summed E-state index contributed by atoms with van der Waals surface area (Å²) in [5.41, 5.74) is -0.222. The topological polar surface area (TPSA) is 36.7 Å². The van der Waals surface area contributed by atoms with Crippen molar-refractivity contribution in [1.29, 1.82) is 0 Å². The van der Waals surface area contributed by atoms with Crippen molar-refractivity contribution < 1.29 is 4.42 Å². The van der Waals surface area contributed by atoms with Gasteiger partial charge in [-0.25, -0.2) is 4.79 Å². The van der Waals surface area contributed by atoms with Crippen molar-refractivity contribution in [2.45, 2.75) is 31.2 Å². The van der Waals surface area contributed by atoms with Crippen LogP contribution in [-0.4, -0.2) is 49.1 Å². The monoisotopic (exact) mass is 262 g/mol. The number of nitrogens with zero attached hydrogens (tertiary/aromatic N) is 2. The van der Waals surface area contributed by atoms with E-state index in [1.807, 2.05) is 12.1 Å². The Balaban J connectivity index is 1.62. The van der Waals surface area contributed by atoms with Gasteiger partial charge in [0.15, 0.2) is 0 Å². The maximum atomic E-state index is 11.3. The van der Waals surface area contributed by atoms with Crippen LogP contribution in [0.1, 0.15) is 30.9 Å². The van der Waals surface area contributed by atoms with Crippen molar-refractivity contribution in [3.05, 3.63) is 34.4 Å². The molecule has 4 nitrogen and oxygen atoms in total. The number of likely N-dealkylation sites (N-methyl/N-ethyl adjacent to an activating group) is 1. The fourth-order valence-electron chi connectivity index (χ4n) is 3.36. The summed E-state index contributed by atoms with van der Waals surface area (Å²) >= 11 is 0. The van der Waals surface area contributed by atoms with E-state index in [-0.39, 0.29) is 5.63 Å². The quantitative estimate of drug-likeness (QED) is 0.810. The Bertz CT molecular complexity index is 477. The van der Waals surface area contributed by atoms with Gasteiger partial charge in [0.1, 0.15) is 5.76 Å². The van der Waals surface area contributed by atoms with E-state index in [9.17, 15) is 4.79 Å². The zero-order valence-electron chi connectivity index (χ0n) is 11.5. The van der Waals surface area contributed by atoms with Gasteiger partial charge in [-0.15, -0.1) is 0 Å². The van der Waals surface area contributed by atoms with Crippen molar-refractivity contribution >= 4 is 0 Å². The molecule has 2 heterocycles. The van der Waals surface area contributed by atoms with Crippen LogP contribution in [0.3, 0.4) is 0 Å². The van der Waals surface area contributed by atoms with Gasteiger partial charge in [-0.3, -0.25) is 4.90 Å². The third-order valence-electron chi connectivity index (χ3n) is 4.57. The molecule has 1 unspecified atom stereocenters. The molecule has 0 N–H and O–H groups in total. The average molecular weight is 262 g/mol. The van der Waals surface area contributed by atoms with Crippen LogP contribution in [0.5, 0.6) is 0 Å². The molecule has 0 bridgehead atoms. The second-order valence-electron chi connectivity index (χ2n) is 5.85. The van der Waals surface area contributed by atoms with Crippen LogP contribution >= 0.6 is 0 Å². The zero-order valence-corrected chi connectivity index (χ0v) is 11.5. The molecule has 1 aliphatic carbocycles. The van der Waals surface area contributed by atoms with Crippen LogP contribution in [0, 0.1) is 0 Å². The van der Waals surface area contributed by atoms with Gasteiger partial charge in [0, 0.05) is 44.2 Å². The summed E-state index contributed by atoms with van der Waals surface area (Å²) in [5.74, 6) is 1.31. The van der Waals surface area contributed by atoms with E-state index in [0.29, 0.717) is 12.0 Å². The molecule has 0 aromatic carbocycles. The van der Waals surface area contributed by atoms with Gasteiger partial charge in [0.05, 0.1) is 0 Å². The molecular weight excluding hydrogens is 240 g/mol. The molecule has 0 radical (unpaired) electrons. The summed E-state index contributed by atoms with van der Waals surface area (Å²) in [4.78, 5) is 16.3. The molecular formula is C15H22N2O2. The lowest BCUT2D eigenvalue weighted by molar-refractivity contribution is 0.112. The minimum absolute atomic E-state index is 0.222. The first kappa shape index (κ1) is 12.9. The molecule has 0 amide bonds. The van der Waals surface area contributed by atoms with E-state index in [4.69, 9.17) is 4.42 Å². The first-order chi connectivity index (χ1) is 9.22. The molecule has 1 saturated heterocycles. The highest BCUT2D eigenvalue weighted by Gasteiger charge is 2.32. The summed E-state index contributed by atoms with van der Waals surface area (Å²) < 4.78 is 5.33. The second kappa shape index (κ2) is 5.47. The molecule has 104 valence electrons. The van der Waals surface area contributed by atoms with Gasteiger partial charge >= 0.3 is 5.63 Å². The molecule has 1 aromatic rings. The smallest absolute Gasteiger partial charge is 0.335 e. The largest absolute Gasteiger partial charge is 0.428 e. The maximum Gasteiger partial charge on any atom is 0.335 e. The molecule has 2 fully saturated rings. The Labute approximate surface area is 114 Å². The van der Waals surface area contributed by atoms with E-state index in [1.54, 1.807) is 0 Å². The predicted molar refractivity (Wildman–Crippen MR) is 74.4 cm³/mol. The molecule has 2 aliphatic rings. The Hall–Kier alpha value is -1.13.